The minimum absolute atomic E-state index is 0.795. The van der Waals surface area contributed by atoms with E-state index in [-0.39, 0.29) is 0 Å². The van der Waals surface area contributed by atoms with Gasteiger partial charge in [0.1, 0.15) is 11.3 Å². The van der Waals surface area contributed by atoms with Gasteiger partial charge in [-0.3, -0.25) is 0 Å². The molecule has 0 fully saturated rings. The predicted molar refractivity (Wildman–Crippen MR) is 63.9 cm³/mol. The van der Waals surface area contributed by atoms with Gasteiger partial charge >= 0.3 is 0 Å². The zero-order valence-corrected chi connectivity index (χ0v) is 9.12. The van der Waals surface area contributed by atoms with Gasteiger partial charge in [-0.05, 0) is 30.7 Å². The van der Waals surface area contributed by atoms with Gasteiger partial charge in [-0.1, -0.05) is 19.8 Å². The number of aryl methyl sites for hydroxylation is 1. The van der Waals surface area contributed by atoms with Crippen LogP contribution in [-0.2, 0) is 6.42 Å². The highest BCUT2D eigenvalue weighted by Gasteiger charge is 2.03. The first-order valence-electron chi connectivity index (χ1n) is 5.57. The summed E-state index contributed by atoms with van der Waals surface area (Å²) in [4.78, 5) is 0. The first kappa shape index (κ1) is 10.1. The summed E-state index contributed by atoms with van der Waals surface area (Å²) < 4.78 is 5.71. The third kappa shape index (κ3) is 2.32. The van der Waals surface area contributed by atoms with E-state index < -0.39 is 0 Å². The molecule has 0 aliphatic carbocycles. The summed E-state index contributed by atoms with van der Waals surface area (Å²) in [7, 11) is 0. The van der Waals surface area contributed by atoms with Crippen LogP contribution in [0, 0.1) is 0 Å². The van der Waals surface area contributed by atoms with Gasteiger partial charge in [0.2, 0.25) is 0 Å². The average Bonchev–Trinajstić information content (AvgIpc) is 2.60. The maximum absolute atomic E-state index is 5.71. The van der Waals surface area contributed by atoms with Crippen LogP contribution in [0.25, 0.3) is 11.0 Å². The fourth-order valence-corrected chi connectivity index (χ4v) is 1.79. The van der Waals surface area contributed by atoms with Crippen molar-refractivity contribution in [3.8, 4) is 0 Å². The molecule has 2 heteroatoms. The van der Waals surface area contributed by atoms with Crippen LogP contribution in [0.4, 0.5) is 5.69 Å². The van der Waals surface area contributed by atoms with Crippen LogP contribution >= 0.6 is 0 Å². The summed E-state index contributed by atoms with van der Waals surface area (Å²) in [5.41, 5.74) is 7.45. The molecule has 15 heavy (non-hydrogen) atoms. The molecule has 0 amide bonds. The molecule has 80 valence electrons. The largest absolute Gasteiger partial charge is 0.461 e. The van der Waals surface area contributed by atoms with E-state index in [9.17, 15) is 0 Å². The summed E-state index contributed by atoms with van der Waals surface area (Å²) >= 11 is 0. The third-order valence-corrected chi connectivity index (χ3v) is 2.62. The highest BCUT2D eigenvalue weighted by atomic mass is 16.3. The first-order valence-corrected chi connectivity index (χ1v) is 5.57. The molecule has 0 radical (unpaired) electrons. The smallest absolute Gasteiger partial charge is 0.134 e. The lowest BCUT2D eigenvalue weighted by Gasteiger charge is -1.93. The lowest BCUT2D eigenvalue weighted by atomic mass is 10.1. The zero-order valence-electron chi connectivity index (χ0n) is 9.12. The predicted octanol–water partition coefficient (Wildman–Crippen LogP) is 3.75. The van der Waals surface area contributed by atoms with Gasteiger partial charge in [0.25, 0.3) is 0 Å². The van der Waals surface area contributed by atoms with Crippen LogP contribution in [0.3, 0.4) is 0 Å². The van der Waals surface area contributed by atoms with Crippen molar-refractivity contribution in [1.82, 2.24) is 0 Å². The minimum atomic E-state index is 0.795. The number of nitrogens with two attached hydrogens (primary N) is 1. The monoisotopic (exact) mass is 203 g/mol. The second-order valence-corrected chi connectivity index (χ2v) is 3.97. The maximum atomic E-state index is 5.71. The third-order valence-electron chi connectivity index (χ3n) is 2.62. The number of rotatable bonds is 4. The SMILES string of the molecule is CCCCCc1cc2cc(N)ccc2o1. The van der Waals surface area contributed by atoms with Crippen LogP contribution in [0.15, 0.2) is 28.7 Å². The van der Waals surface area contributed by atoms with E-state index in [0.29, 0.717) is 0 Å². The molecule has 1 aromatic carbocycles. The van der Waals surface area contributed by atoms with E-state index in [0.717, 1.165) is 28.8 Å². The van der Waals surface area contributed by atoms with Gasteiger partial charge in [0.15, 0.2) is 0 Å². The molecule has 0 aliphatic rings. The highest BCUT2D eigenvalue weighted by Crippen LogP contribution is 2.22. The van der Waals surface area contributed by atoms with Crippen LogP contribution in [-0.4, -0.2) is 0 Å². The van der Waals surface area contributed by atoms with E-state index in [1.54, 1.807) is 0 Å². The molecule has 2 aromatic rings. The second kappa shape index (κ2) is 4.39. The van der Waals surface area contributed by atoms with Crippen molar-refractivity contribution in [2.75, 3.05) is 5.73 Å². The van der Waals surface area contributed by atoms with Crippen molar-refractivity contribution in [3.63, 3.8) is 0 Å². The molecule has 0 saturated carbocycles. The maximum Gasteiger partial charge on any atom is 0.134 e. The van der Waals surface area contributed by atoms with Crippen molar-refractivity contribution in [3.05, 3.63) is 30.0 Å². The number of hydrogen-bond acceptors (Lipinski definition) is 2. The molecule has 0 saturated heterocycles. The van der Waals surface area contributed by atoms with Crippen LogP contribution in [0.2, 0.25) is 0 Å². The van der Waals surface area contributed by atoms with Gasteiger partial charge < -0.3 is 10.2 Å². The number of hydrogen-bond donors (Lipinski definition) is 1. The van der Waals surface area contributed by atoms with Crippen molar-refractivity contribution < 1.29 is 4.42 Å². The Morgan fingerprint density at radius 2 is 2.07 bits per heavy atom. The topological polar surface area (TPSA) is 39.2 Å². The Labute approximate surface area is 90.1 Å². The van der Waals surface area contributed by atoms with Gasteiger partial charge in [-0.15, -0.1) is 0 Å². The molecule has 2 nitrogen and oxygen atoms in total. The number of fused-ring (bicyclic) bond motifs is 1. The van der Waals surface area contributed by atoms with E-state index in [1.807, 2.05) is 18.2 Å². The molecule has 2 N–H and O–H groups in total. The summed E-state index contributed by atoms with van der Waals surface area (Å²) in [5, 5.41) is 1.11. The molecule has 2 rings (SSSR count). The zero-order chi connectivity index (χ0) is 10.7. The first-order chi connectivity index (χ1) is 7.29. The quantitative estimate of drug-likeness (QED) is 0.607. The fraction of sp³-hybridized carbons (Fsp3) is 0.385. The summed E-state index contributed by atoms with van der Waals surface area (Å²) in [6.07, 6.45) is 4.74. The van der Waals surface area contributed by atoms with E-state index in [1.165, 1.54) is 19.3 Å². The Morgan fingerprint density at radius 3 is 2.87 bits per heavy atom. The Bertz CT molecular complexity index is 445. The number of anilines is 1. The molecule has 1 heterocycles. The molecule has 1 aromatic heterocycles. The molecule has 0 spiro atoms. The standard InChI is InChI=1S/C13H17NO/c1-2-3-4-5-12-9-10-8-11(14)6-7-13(10)15-12/h6-9H,2-5,14H2,1H3. The number of unbranched alkanes of at least 4 members (excludes halogenated alkanes) is 2. The number of nitrogen functional groups attached to an aromatic ring is 1. The molecule has 0 aliphatic heterocycles. The van der Waals surface area contributed by atoms with Crippen LogP contribution in [0.5, 0.6) is 0 Å². The summed E-state index contributed by atoms with van der Waals surface area (Å²) in [6, 6.07) is 7.87. The molecular weight excluding hydrogens is 186 g/mol. The molecule has 0 atom stereocenters. The van der Waals surface area contributed by atoms with Crippen LogP contribution < -0.4 is 5.73 Å². The van der Waals surface area contributed by atoms with Crippen LogP contribution in [0.1, 0.15) is 31.9 Å². The van der Waals surface area contributed by atoms with Gasteiger partial charge in [-0.2, -0.15) is 0 Å². The second-order valence-electron chi connectivity index (χ2n) is 3.97. The fourth-order valence-electron chi connectivity index (χ4n) is 1.79. The number of furan rings is 1. The van der Waals surface area contributed by atoms with E-state index >= 15 is 0 Å². The molecular formula is C13H17NO. The normalized spacial score (nSPS) is 11.0. The Hall–Kier alpha value is -1.44. The lowest BCUT2D eigenvalue weighted by molar-refractivity contribution is 0.531. The van der Waals surface area contributed by atoms with Crippen molar-refractivity contribution in [2.24, 2.45) is 0 Å². The van der Waals surface area contributed by atoms with Crippen molar-refractivity contribution >= 4 is 16.7 Å². The van der Waals surface area contributed by atoms with Gasteiger partial charge in [0, 0.05) is 17.5 Å². The van der Waals surface area contributed by atoms with E-state index in [4.69, 9.17) is 10.2 Å². The number of benzene rings is 1. The highest BCUT2D eigenvalue weighted by molar-refractivity contribution is 5.81. The molecule has 0 unspecified atom stereocenters. The van der Waals surface area contributed by atoms with Crippen molar-refractivity contribution in [2.45, 2.75) is 32.6 Å². The van der Waals surface area contributed by atoms with E-state index in [2.05, 4.69) is 13.0 Å². The van der Waals surface area contributed by atoms with Gasteiger partial charge in [-0.25, -0.2) is 0 Å². The Morgan fingerprint density at radius 1 is 1.20 bits per heavy atom. The summed E-state index contributed by atoms with van der Waals surface area (Å²) in [5.74, 6) is 1.07. The molecule has 0 bridgehead atoms. The van der Waals surface area contributed by atoms with Gasteiger partial charge in [0.05, 0.1) is 0 Å². The Kier molecular flexibility index (Phi) is 2.95. The van der Waals surface area contributed by atoms with Crippen molar-refractivity contribution in [1.29, 1.82) is 0 Å². The summed E-state index contributed by atoms with van der Waals surface area (Å²) in [6.45, 7) is 2.21. The average molecular weight is 203 g/mol. The Balaban J connectivity index is 2.16. The lowest BCUT2D eigenvalue weighted by Crippen LogP contribution is -1.81. The minimum Gasteiger partial charge on any atom is -0.461 e.